The predicted octanol–water partition coefficient (Wildman–Crippen LogP) is 4.13. The molecule has 1 saturated carbocycles. The van der Waals surface area contributed by atoms with Crippen LogP contribution in [0.5, 0.6) is 0 Å². The van der Waals surface area contributed by atoms with Crippen LogP contribution in [-0.4, -0.2) is 96.8 Å². The van der Waals surface area contributed by atoms with Crippen molar-refractivity contribution >= 4 is 28.1 Å². The number of nitrogens with one attached hydrogen (secondary N) is 1. The molecule has 0 bridgehead atoms. The summed E-state index contributed by atoms with van der Waals surface area (Å²) in [7, 11) is -3.48. The summed E-state index contributed by atoms with van der Waals surface area (Å²) in [5, 5.41) is 2.38. The Morgan fingerprint density at radius 2 is 1.50 bits per heavy atom. The molecule has 0 atom stereocenters. The maximum absolute atomic E-state index is 13.4. The van der Waals surface area contributed by atoms with Crippen LogP contribution in [0.4, 0.5) is 9.59 Å². The summed E-state index contributed by atoms with van der Waals surface area (Å²) in [5.74, 6) is 0.134. The summed E-state index contributed by atoms with van der Waals surface area (Å²) < 4.78 is 39.2. The highest BCUT2D eigenvalue weighted by Gasteiger charge is 2.50. The van der Waals surface area contributed by atoms with Gasteiger partial charge in [-0.3, -0.25) is 4.79 Å². The van der Waals surface area contributed by atoms with Crippen molar-refractivity contribution in [2.45, 2.75) is 95.6 Å². The third-order valence-electron chi connectivity index (χ3n) is 9.71. The zero-order valence-electron chi connectivity index (χ0n) is 26.3. The Morgan fingerprint density at radius 3 is 2.09 bits per heavy atom. The smallest absolute Gasteiger partial charge is 0.410 e. The summed E-state index contributed by atoms with van der Waals surface area (Å²) >= 11 is 0. The zero-order chi connectivity index (χ0) is 31.5. The van der Waals surface area contributed by atoms with Crippen LogP contribution in [-0.2, 0) is 30.9 Å². The van der Waals surface area contributed by atoms with E-state index >= 15 is 0 Å². The van der Waals surface area contributed by atoms with Crippen LogP contribution in [0.15, 0.2) is 30.3 Å². The first-order valence-electron chi connectivity index (χ1n) is 16.1. The SMILES string of the molecule is CC(C)(C)OC(=O)N1CCC2(CC1)CC(C(=O)N1CCC(S(=O)(=O)N3CCC(NC(=O)OCc4ccccc4)CC3)CC1)C2. The van der Waals surface area contributed by atoms with Crippen molar-refractivity contribution in [1.82, 2.24) is 19.4 Å². The number of carbonyl (C=O) groups is 3. The number of nitrogens with zero attached hydrogens (tertiary/aromatic N) is 3. The number of rotatable bonds is 6. The molecular formula is C32H48N4O7S. The molecule has 11 nitrogen and oxygen atoms in total. The van der Waals surface area contributed by atoms with Crippen molar-refractivity contribution in [3.63, 3.8) is 0 Å². The third-order valence-corrected chi connectivity index (χ3v) is 12.1. The Hall–Kier alpha value is -2.86. The average molecular weight is 633 g/mol. The molecule has 0 radical (unpaired) electrons. The van der Waals surface area contributed by atoms with Gasteiger partial charge in [0.25, 0.3) is 0 Å². The van der Waals surface area contributed by atoms with Crippen LogP contribution >= 0.6 is 0 Å². The molecule has 3 heterocycles. The highest BCUT2D eigenvalue weighted by molar-refractivity contribution is 7.89. The van der Waals surface area contributed by atoms with Crippen LogP contribution < -0.4 is 5.32 Å². The Bertz CT molecular complexity index is 1270. The predicted molar refractivity (Wildman–Crippen MR) is 165 cm³/mol. The molecule has 3 amide bonds. The second kappa shape index (κ2) is 13.2. The van der Waals surface area contributed by atoms with E-state index < -0.39 is 27.0 Å². The van der Waals surface area contributed by atoms with Crippen LogP contribution in [0.25, 0.3) is 0 Å². The van der Waals surface area contributed by atoms with E-state index in [-0.39, 0.29) is 36.0 Å². The number of amides is 3. The van der Waals surface area contributed by atoms with Crippen LogP contribution in [0, 0.1) is 11.3 Å². The van der Waals surface area contributed by atoms with Gasteiger partial charge in [0.05, 0.1) is 5.25 Å². The van der Waals surface area contributed by atoms with Crippen molar-refractivity contribution in [2.75, 3.05) is 39.3 Å². The molecule has 5 rings (SSSR count). The quantitative estimate of drug-likeness (QED) is 0.500. The lowest BCUT2D eigenvalue weighted by molar-refractivity contribution is -0.146. The van der Waals surface area contributed by atoms with Crippen molar-refractivity contribution in [2.24, 2.45) is 11.3 Å². The number of hydrogen-bond donors (Lipinski definition) is 1. The number of alkyl carbamates (subject to hydrolysis) is 1. The normalized spacial score (nSPS) is 22.3. The molecule has 12 heteroatoms. The van der Waals surface area contributed by atoms with E-state index in [1.54, 1.807) is 9.21 Å². The standard InChI is InChI=1S/C32H48N4O7S/c1-31(2,3)43-30(39)35-19-13-32(14-20-35)21-25(22-32)28(37)34-15-11-27(12-16-34)44(40,41)36-17-9-26(10-18-36)33-29(38)42-23-24-7-5-4-6-8-24/h4-8,25-27H,9-23H2,1-3H3,(H,33,38). The summed E-state index contributed by atoms with van der Waals surface area (Å²) in [4.78, 5) is 41.5. The molecule has 3 aliphatic heterocycles. The van der Waals surface area contributed by atoms with Gasteiger partial charge in [-0.2, -0.15) is 0 Å². The number of likely N-dealkylation sites (tertiary alicyclic amines) is 2. The van der Waals surface area contributed by atoms with Gasteiger partial charge in [-0.05, 0) is 83.1 Å². The highest BCUT2D eigenvalue weighted by atomic mass is 32.2. The molecule has 1 aliphatic carbocycles. The fraction of sp³-hybridized carbons (Fsp3) is 0.719. The summed E-state index contributed by atoms with van der Waals surface area (Å²) in [6.07, 6.45) is 4.67. The largest absolute Gasteiger partial charge is 0.445 e. The number of piperidine rings is 3. The molecule has 1 N–H and O–H groups in total. The number of ether oxygens (including phenoxy) is 2. The van der Waals surface area contributed by atoms with Gasteiger partial charge in [0.1, 0.15) is 12.2 Å². The first kappa shape index (κ1) is 32.5. The van der Waals surface area contributed by atoms with Gasteiger partial charge < -0.3 is 24.6 Å². The molecule has 44 heavy (non-hydrogen) atoms. The minimum atomic E-state index is -3.48. The first-order chi connectivity index (χ1) is 20.8. The molecule has 1 spiro atoms. The van der Waals surface area contributed by atoms with Crippen LogP contribution in [0.1, 0.15) is 77.7 Å². The Kier molecular flexibility index (Phi) is 9.79. The lowest BCUT2D eigenvalue weighted by Gasteiger charge is -2.52. The van der Waals surface area contributed by atoms with Crippen molar-refractivity contribution in [3.05, 3.63) is 35.9 Å². The molecular weight excluding hydrogens is 584 g/mol. The summed E-state index contributed by atoms with van der Waals surface area (Å²) in [6.45, 7) is 8.76. The van der Waals surface area contributed by atoms with E-state index in [4.69, 9.17) is 9.47 Å². The second-order valence-electron chi connectivity index (χ2n) is 14.0. The first-order valence-corrected chi connectivity index (χ1v) is 17.6. The minimum Gasteiger partial charge on any atom is -0.445 e. The zero-order valence-corrected chi connectivity index (χ0v) is 27.1. The number of benzene rings is 1. The Morgan fingerprint density at radius 1 is 0.886 bits per heavy atom. The van der Waals surface area contributed by atoms with Crippen LogP contribution in [0.2, 0.25) is 0 Å². The lowest BCUT2D eigenvalue weighted by atomic mass is 9.57. The fourth-order valence-electron chi connectivity index (χ4n) is 7.09. The number of hydrogen-bond acceptors (Lipinski definition) is 7. The van der Waals surface area contributed by atoms with E-state index in [1.807, 2.05) is 56.0 Å². The van der Waals surface area contributed by atoms with E-state index in [9.17, 15) is 22.8 Å². The van der Waals surface area contributed by atoms with Gasteiger partial charge in [0.15, 0.2) is 0 Å². The molecule has 4 aliphatic rings. The van der Waals surface area contributed by atoms with Gasteiger partial charge in [-0.25, -0.2) is 22.3 Å². The van der Waals surface area contributed by atoms with Crippen LogP contribution in [0.3, 0.4) is 0 Å². The molecule has 0 aromatic heterocycles. The van der Waals surface area contributed by atoms with E-state index in [0.29, 0.717) is 65.0 Å². The molecule has 1 aromatic carbocycles. The maximum Gasteiger partial charge on any atom is 0.410 e. The molecule has 0 unspecified atom stereocenters. The topological polar surface area (TPSA) is 126 Å². The third kappa shape index (κ3) is 7.85. The van der Waals surface area contributed by atoms with Gasteiger partial charge in [-0.1, -0.05) is 30.3 Å². The summed E-state index contributed by atoms with van der Waals surface area (Å²) in [5.41, 5.74) is 0.520. The van der Waals surface area contributed by atoms with Gasteiger partial charge >= 0.3 is 12.2 Å². The average Bonchev–Trinajstić information content (AvgIpc) is 2.98. The van der Waals surface area contributed by atoms with Crippen molar-refractivity contribution < 1.29 is 32.3 Å². The molecule has 3 saturated heterocycles. The fourth-order valence-corrected chi connectivity index (χ4v) is 9.04. The lowest BCUT2D eigenvalue weighted by Crippen LogP contribution is -2.55. The monoisotopic (exact) mass is 632 g/mol. The van der Waals surface area contributed by atoms with Gasteiger partial charge in [0.2, 0.25) is 15.9 Å². The van der Waals surface area contributed by atoms with E-state index in [2.05, 4.69) is 5.32 Å². The molecule has 244 valence electrons. The summed E-state index contributed by atoms with van der Waals surface area (Å²) in [6, 6.07) is 9.33. The van der Waals surface area contributed by atoms with E-state index in [0.717, 1.165) is 31.2 Å². The Balaban J connectivity index is 1.00. The maximum atomic E-state index is 13.4. The second-order valence-corrected chi connectivity index (χ2v) is 16.2. The minimum absolute atomic E-state index is 0.0119. The number of sulfonamides is 1. The van der Waals surface area contributed by atoms with Gasteiger partial charge in [-0.15, -0.1) is 0 Å². The van der Waals surface area contributed by atoms with Crippen molar-refractivity contribution in [1.29, 1.82) is 0 Å². The highest BCUT2D eigenvalue weighted by Crippen LogP contribution is 2.53. The Labute approximate surface area is 261 Å². The number of carbonyl (C=O) groups excluding carboxylic acids is 3. The van der Waals surface area contributed by atoms with E-state index in [1.165, 1.54) is 0 Å². The van der Waals surface area contributed by atoms with Crippen molar-refractivity contribution in [3.8, 4) is 0 Å². The molecule has 1 aromatic rings. The van der Waals surface area contributed by atoms with Gasteiger partial charge in [0, 0.05) is 51.2 Å². The molecule has 4 fully saturated rings.